The number of ketones is 2. The first-order chi connectivity index (χ1) is 12.8. The van der Waals surface area contributed by atoms with Gasteiger partial charge < -0.3 is 5.11 Å². The van der Waals surface area contributed by atoms with Crippen LogP contribution in [0, 0.1) is 40.4 Å². The third-order valence-corrected chi connectivity index (χ3v) is 9.32. The van der Waals surface area contributed by atoms with Gasteiger partial charge in [0.1, 0.15) is 11.6 Å². The second-order valence-electron chi connectivity index (χ2n) is 10.4. The predicted octanol–water partition coefficient (Wildman–Crippen LogP) is 4.72. The minimum atomic E-state index is 0.142. The number of aliphatic hydroxyl groups is 1. The van der Waals surface area contributed by atoms with Gasteiger partial charge >= 0.3 is 0 Å². The molecule has 0 aliphatic heterocycles. The minimum Gasteiger partial charge on any atom is -0.396 e. The third-order valence-electron chi connectivity index (χ3n) is 9.32. The molecule has 0 aromatic rings. The number of carbonyl (C=O) groups excluding carboxylic acids is 2. The fourth-order valence-electron chi connectivity index (χ4n) is 7.51. The Morgan fingerprint density at radius 2 is 2.07 bits per heavy atom. The Morgan fingerprint density at radius 1 is 1.30 bits per heavy atom. The molecule has 3 nitrogen and oxygen atoms in total. The van der Waals surface area contributed by atoms with Gasteiger partial charge in [0.15, 0.2) is 0 Å². The lowest BCUT2D eigenvalue weighted by atomic mass is 9.46. The summed E-state index contributed by atoms with van der Waals surface area (Å²) in [6.07, 6.45) is 10.7. The van der Waals surface area contributed by atoms with E-state index in [-0.39, 0.29) is 23.4 Å². The van der Waals surface area contributed by atoms with Crippen molar-refractivity contribution in [3.8, 4) is 0 Å². The SMILES string of the molecule is CCC(=O)CC1CCC2C3C(=CCC12C)C1(C)CCC(=O)CC1CC3CO. The van der Waals surface area contributed by atoms with Crippen LogP contribution in [0.25, 0.3) is 0 Å². The zero-order valence-corrected chi connectivity index (χ0v) is 17.3. The Hall–Kier alpha value is -0.960. The van der Waals surface area contributed by atoms with Crippen molar-refractivity contribution >= 4 is 11.6 Å². The monoisotopic (exact) mass is 372 g/mol. The Balaban J connectivity index is 1.69. The quantitative estimate of drug-likeness (QED) is 0.726. The van der Waals surface area contributed by atoms with E-state index in [9.17, 15) is 14.7 Å². The van der Waals surface area contributed by atoms with Crippen molar-refractivity contribution in [2.45, 2.75) is 78.6 Å². The molecular weight excluding hydrogens is 336 g/mol. The van der Waals surface area contributed by atoms with Gasteiger partial charge in [-0.3, -0.25) is 9.59 Å². The summed E-state index contributed by atoms with van der Waals surface area (Å²) >= 11 is 0. The molecule has 0 spiro atoms. The Kier molecular flexibility index (Phi) is 4.90. The number of carbonyl (C=O) groups is 2. The van der Waals surface area contributed by atoms with E-state index >= 15 is 0 Å². The molecule has 0 aromatic heterocycles. The van der Waals surface area contributed by atoms with Crippen molar-refractivity contribution in [3.63, 3.8) is 0 Å². The van der Waals surface area contributed by atoms with Crippen LogP contribution >= 0.6 is 0 Å². The summed E-state index contributed by atoms with van der Waals surface area (Å²) in [5.74, 6) is 3.02. The first kappa shape index (κ1) is 19.4. The van der Waals surface area contributed by atoms with Crippen molar-refractivity contribution < 1.29 is 14.7 Å². The van der Waals surface area contributed by atoms with Gasteiger partial charge in [-0.1, -0.05) is 32.4 Å². The van der Waals surface area contributed by atoms with Crippen LogP contribution in [-0.4, -0.2) is 23.3 Å². The van der Waals surface area contributed by atoms with Gasteiger partial charge in [-0.2, -0.15) is 0 Å². The van der Waals surface area contributed by atoms with Crippen LogP contribution in [0.15, 0.2) is 11.6 Å². The lowest BCUT2D eigenvalue weighted by molar-refractivity contribution is -0.126. The molecule has 0 aromatic carbocycles. The average Bonchev–Trinajstić information content (AvgIpc) is 2.98. The maximum absolute atomic E-state index is 12.2. The molecule has 150 valence electrons. The van der Waals surface area contributed by atoms with Crippen molar-refractivity contribution in [2.24, 2.45) is 40.4 Å². The van der Waals surface area contributed by atoms with Gasteiger partial charge in [0.25, 0.3) is 0 Å². The largest absolute Gasteiger partial charge is 0.396 e. The highest BCUT2D eigenvalue weighted by atomic mass is 16.3. The van der Waals surface area contributed by atoms with E-state index in [2.05, 4.69) is 19.9 Å². The number of allylic oxidation sites excluding steroid dienone is 2. The van der Waals surface area contributed by atoms with Gasteiger partial charge in [0, 0.05) is 32.3 Å². The van der Waals surface area contributed by atoms with Crippen LogP contribution in [0.3, 0.4) is 0 Å². The Morgan fingerprint density at radius 3 is 2.78 bits per heavy atom. The molecule has 0 saturated heterocycles. The van der Waals surface area contributed by atoms with Crippen LogP contribution in [0.5, 0.6) is 0 Å². The number of hydrogen-bond acceptors (Lipinski definition) is 3. The van der Waals surface area contributed by atoms with E-state index in [1.165, 1.54) is 6.42 Å². The topological polar surface area (TPSA) is 54.4 Å². The molecule has 4 aliphatic rings. The van der Waals surface area contributed by atoms with Crippen molar-refractivity contribution in [1.82, 2.24) is 0 Å². The van der Waals surface area contributed by atoms with Gasteiger partial charge in [-0.25, -0.2) is 0 Å². The molecule has 7 unspecified atom stereocenters. The Bertz CT molecular complexity index is 665. The summed E-state index contributed by atoms with van der Waals surface area (Å²) in [7, 11) is 0. The highest BCUT2D eigenvalue weighted by Gasteiger charge is 2.59. The summed E-state index contributed by atoms with van der Waals surface area (Å²) in [5.41, 5.74) is 1.90. The minimum absolute atomic E-state index is 0.142. The summed E-state index contributed by atoms with van der Waals surface area (Å²) in [6, 6.07) is 0. The molecule has 0 bridgehead atoms. The molecule has 4 rings (SSSR count). The van der Waals surface area contributed by atoms with Crippen LogP contribution in [0.1, 0.15) is 78.6 Å². The lowest BCUT2D eigenvalue weighted by Gasteiger charge is -2.58. The van der Waals surface area contributed by atoms with Gasteiger partial charge in [-0.15, -0.1) is 0 Å². The number of Topliss-reactive ketones (excluding diaryl/α,β-unsaturated/α-hetero) is 2. The molecule has 1 N–H and O–H groups in total. The van der Waals surface area contributed by atoms with Crippen LogP contribution in [0.2, 0.25) is 0 Å². The lowest BCUT2D eigenvalue weighted by Crippen LogP contribution is -2.52. The molecular formula is C24H36O3. The second-order valence-corrected chi connectivity index (χ2v) is 10.4. The maximum Gasteiger partial charge on any atom is 0.133 e. The fourth-order valence-corrected chi connectivity index (χ4v) is 7.51. The highest BCUT2D eigenvalue weighted by molar-refractivity contribution is 5.80. The van der Waals surface area contributed by atoms with E-state index in [0.717, 1.165) is 38.5 Å². The first-order valence-electron chi connectivity index (χ1n) is 11.2. The fraction of sp³-hybridized carbons (Fsp3) is 0.833. The number of aliphatic hydroxyl groups excluding tert-OH is 1. The summed E-state index contributed by atoms with van der Waals surface area (Å²) in [5, 5.41) is 10.3. The van der Waals surface area contributed by atoms with E-state index in [0.29, 0.717) is 48.1 Å². The molecule has 0 radical (unpaired) electrons. The van der Waals surface area contributed by atoms with Gasteiger partial charge in [0.2, 0.25) is 0 Å². The number of rotatable bonds is 4. The first-order valence-corrected chi connectivity index (χ1v) is 11.2. The molecule has 3 fully saturated rings. The van der Waals surface area contributed by atoms with Crippen molar-refractivity contribution in [2.75, 3.05) is 6.61 Å². The van der Waals surface area contributed by atoms with Gasteiger partial charge in [0.05, 0.1) is 0 Å². The molecule has 3 heteroatoms. The van der Waals surface area contributed by atoms with E-state index in [1.807, 2.05) is 6.92 Å². The molecule has 3 saturated carbocycles. The number of fused-ring (bicyclic) bond motifs is 5. The molecule has 7 atom stereocenters. The second kappa shape index (κ2) is 6.83. The molecule has 4 aliphatic carbocycles. The van der Waals surface area contributed by atoms with Crippen LogP contribution < -0.4 is 0 Å². The average molecular weight is 373 g/mol. The van der Waals surface area contributed by atoms with Gasteiger partial charge in [-0.05, 0) is 72.5 Å². The zero-order chi connectivity index (χ0) is 19.4. The van der Waals surface area contributed by atoms with E-state index < -0.39 is 0 Å². The smallest absolute Gasteiger partial charge is 0.133 e. The normalized spacial score (nSPS) is 46.3. The van der Waals surface area contributed by atoms with Crippen LogP contribution in [0.4, 0.5) is 0 Å². The van der Waals surface area contributed by atoms with Crippen molar-refractivity contribution in [1.29, 1.82) is 0 Å². The van der Waals surface area contributed by atoms with E-state index in [4.69, 9.17) is 0 Å². The summed E-state index contributed by atoms with van der Waals surface area (Å²) in [4.78, 5) is 24.3. The standard InChI is InChI=1S/C24H36O3/c1-4-18(26)12-16-5-6-20-22-15(14-25)11-17-13-19(27)7-9-24(17,3)21(22)8-10-23(16,20)2/h8,15-17,20,22,25H,4-7,9-14H2,1-3H3. The third kappa shape index (κ3) is 2.87. The molecule has 27 heavy (non-hydrogen) atoms. The summed E-state index contributed by atoms with van der Waals surface area (Å²) < 4.78 is 0. The summed E-state index contributed by atoms with van der Waals surface area (Å²) in [6.45, 7) is 7.02. The Labute approximate surface area is 164 Å². The van der Waals surface area contributed by atoms with Crippen LogP contribution in [-0.2, 0) is 9.59 Å². The van der Waals surface area contributed by atoms with Crippen molar-refractivity contribution in [3.05, 3.63) is 11.6 Å². The zero-order valence-electron chi connectivity index (χ0n) is 17.3. The molecule has 0 heterocycles. The van der Waals surface area contributed by atoms with E-state index in [1.54, 1.807) is 5.57 Å². The maximum atomic E-state index is 12.2. The number of hydrogen-bond donors (Lipinski definition) is 1. The predicted molar refractivity (Wildman–Crippen MR) is 106 cm³/mol. The highest BCUT2D eigenvalue weighted by Crippen LogP contribution is 2.66. The molecule has 0 amide bonds.